The van der Waals surface area contributed by atoms with Crippen LogP contribution in [-0.4, -0.2) is 14.8 Å². The Morgan fingerprint density at radius 2 is 1.88 bits per heavy atom. The maximum absolute atomic E-state index is 11.9. The van der Waals surface area contributed by atoms with E-state index in [1.807, 2.05) is 0 Å². The van der Waals surface area contributed by atoms with Crippen molar-refractivity contribution < 1.29 is 0 Å². The van der Waals surface area contributed by atoms with Crippen molar-refractivity contribution in [1.29, 1.82) is 0 Å². The molecule has 17 heavy (non-hydrogen) atoms. The zero-order valence-corrected chi connectivity index (χ0v) is 11.0. The second kappa shape index (κ2) is 4.60. The van der Waals surface area contributed by atoms with Crippen LogP contribution in [0.4, 0.5) is 0 Å². The average molecular weight is 288 g/mol. The third-order valence-corrected chi connectivity index (χ3v) is 3.01. The first-order valence-electron chi connectivity index (χ1n) is 4.61. The first kappa shape index (κ1) is 12.3. The van der Waals surface area contributed by atoms with Crippen molar-refractivity contribution in [2.75, 3.05) is 0 Å². The highest BCUT2D eigenvalue weighted by atomic mass is 35.5. The molecule has 2 rings (SSSR count). The largest absolute Gasteiger partial charge is 0.285 e. The molecule has 2 aromatic rings. The number of halogens is 2. The van der Waals surface area contributed by atoms with E-state index in [1.54, 1.807) is 25.2 Å². The number of H-pyrrole nitrogens is 1. The number of aromatic nitrogens is 3. The molecule has 0 aliphatic heterocycles. The van der Waals surface area contributed by atoms with Crippen molar-refractivity contribution in [2.45, 2.75) is 0 Å². The molecule has 1 N–H and O–H groups in total. The molecular weight excluding hydrogens is 281 g/mol. The summed E-state index contributed by atoms with van der Waals surface area (Å²) in [5.74, 6) is 0. The lowest BCUT2D eigenvalue weighted by Gasteiger charge is -2.04. The first-order valence-corrected chi connectivity index (χ1v) is 5.77. The van der Waals surface area contributed by atoms with Crippen molar-refractivity contribution in [3.63, 3.8) is 0 Å². The lowest BCUT2D eigenvalue weighted by atomic mass is 10.2. The molecule has 0 unspecified atom stereocenters. The SMILES string of the molecule is Cn1c(=S)[nH]nc(-c2cc(Cl)cc(Cl)c2)c1=O. The standard InChI is InChI=1S/C10H7Cl2N3OS/c1-15-9(16)8(13-14-10(15)17)5-2-6(11)4-7(12)3-5/h2-4H,1H3,(H,14,17). The van der Waals surface area contributed by atoms with Gasteiger partial charge in [-0.05, 0) is 30.4 Å². The number of hydrogen-bond acceptors (Lipinski definition) is 3. The average Bonchev–Trinajstić information content (AvgIpc) is 2.24. The van der Waals surface area contributed by atoms with E-state index >= 15 is 0 Å². The van der Waals surface area contributed by atoms with Crippen LogP contribution in [0.3, 0.4) is 0 Å². The highest BCUT2D eigenvalue weighted by Gasteiger charge is 2.09. The fraction of sp³-hybridized carbons (Fsp3) is 0.100. The van der Waals surface area contributed by atoms with E-state index in [-0.39, 0.29) is 16.0 Å². The van der Waals surface area contributed by atoms with Crippen molar-refractivity contribution in [3.8, 4) is 11.3 Å². The second-order valence-electron chi connectivity index (χ2n) is 3.40. The minimum atomic E-state index is -0.299. The Morgan fingerprint density at radius 1 is 1.29 bits per heavy atom. The van der Waals surface area contributed by atoms with Gasteiger partial charge in [0, 0.05) is 22.7 Å². The smallest absolute Gasteiger partial charge is 0.280 e. The molecule has 0 saturated heterocycles. The van der Waals surface area contributed by atoms with Crippen LogP contribution in [0.1, 0.15) is 0 Å². The summed E-state index contributed by atoms with van der Waals surface area (Å²) in [5.41, 5.74) is 0.479. The summed E-state index contributed by atoms with van der Waals surface area (Å²) in [6, 6.07) is 4.82. The summed E-state index contributed by atoms with van der Waals surface area (Å²) >= 11 is 16.6. The van der Waals surface area contributed by atoms with Crippen LogP contribution in [-0.2, 0) is 7.05 Å². The number of benzene rings is 1. The molecular formula is C10H7Cl2N3OS. The van der Waals surface area contributed by atoms with Gasteiger partial charge in [-0.3, -0.25) is 14.5 Å². The van der Waals surface area contributed by atoms with E-state index in [2.05, 4.69) is 10.2 Å². The fourth-order valence-electron chi connectivity index (χ4n) is 1.36. The van der Waals surface area contributed by atoms with E-state index in [4.69, 9.17) is 35.4 Å². The normalized spacial score (nSPS) is 10.5. The molecule has 1 heterocycles. The van der Waals surface area contributed by atoms with Crippen LogP contribution >= 0.6 is 35.4 Å². The number of nitrogens with zero attached hydrogens (tertiary/aromatic N) is 2. The molecule has 88 valence electrons. The molecule has 0 aliphatic carbocycles. The topological polar surface area (TPSA) is 50.7 Å². The van der Waals surface area contributed by atoms with Crippen LogP contribution < -0.4 is 5.56 Å². The van der Waals surface area contributed by atoms with Crippen LogP contribution in [0.2, 0.25) is 10.0 Å². The Balaban J connectivity index is 2.73. The van der Waals surface area contributed by atoms with Gasteiger partial charge in [-0.2, -0.15) is 5.10 Å². The maximum Gasteiger partial charge on any atom is 0.280 e. The lowest BCUT2D eigenvalue weighted by molar-refractivity contribution is 0.761. The summed E-state index contributed by atoms with van der Waals surface area (Å²) in [7, 11) is 1.57. The van der Waals surface area contributed by atoms with Gasteiger partial charge in [0.1, 0.15) is 0 Å². The molecule has 0 fully saturated rings. The lowest BCUT2D eigenvalue weighted by Crippen LogP contribution is -2.22. The quantitative estimate of drug-likeness (QED) is 0.821. The van der Waals surface area contributed by atoms with Gasteiger partial charge in [-0.25, -0.2) is 0 Å². The third-order valence-electron chi connectivity index (χ3n) is 2.21. The van der Waals surface area contributed by atoms with Crippen LogP contribution in [0.25, 0.3) is 11.3 Å². The minimum Gasteiger partial charge on any atom is -0.285 e. The molecule has 0 saturated carbocycles. The molecule has 0 aliphatic rings. The Kier molecular flexibility index (Phi) is 3.33. The molecule has 0 bridgehead atoms. The van der Waals surface area contributed by atoms with E-state index in [9.17, 15) is 4.79 Å². The molecule has 1 aromatic carbocycles. The predicted octanol–water partition coefficient (Wildman–Crippen LogP) is 2.81. The van der Waals surface area contributed by atoms with Crippen LogP contribution in [0.15, 0.2) is 23.0 Å². The van der Waals surface area contributed by atoms with Gasteiger partial charge in [0.25, 0.3) is 5.56 Å². The first-order chi connectivity index (χ1) is 7.99. The third kappa shape index (κ3) is 2.41. The maximum atomic E-state index is 11.9. The van der Waals surface area contributed by atoms with E-state index in [0.29, 0.717) is 15.6 Å². The minimum absolute atomic E-state index is 0.227. The Bertz CT molecular complexity index is 672. The molecule has 0 amide bonds. The summed E-state index contributed by atoms with van der Waals surface area (Å²) in [5, 5.41) is 7.39. The number of hydrogen-bond donors (Lipinski definition) is 1. The monoisotopic (exact) mass is 287 g/mol. The van der Waals surface area contributed by atoms with Gasteiger partial charge in [0.05, 0.1) is 0 Å². The van der Waals surface area contributed by atoms with Gasteiger partial charge in [-0.15, -0.1) is 0 Å². The van der Waals surface area contributed by atoms with Gasteiger partial charge in [0.15, 0.2) is 10.5 Å². The number of rotatable bonds is 1. The summed E-state index contributed by atoms with van der Waals surface area (Å²) in [6.45, 7) is 0. The summed E-state index contributed by atoms with van der Waals surface area (Å²) in [6.07, 6.45) is 0. The summed E-state index contributed by atoms with van der Waals surface area (Å²) < 4.78 is 1.55. The van der Waals surface area contributed by atoms with Crippen molar-refractivity contribution in [1.82, 2.24) is 14.8 Å². The van der Waals surface area contributed by atoms with Gasteiger partial charge < -0.3 is 0 Å². The van der Waals surface area contributed by atoms with Gasteiger partial charge in [-0.1, -0.05) is 23.2 Å². The van der Waals surface area contributed by atoms with Crippen LogP contribution in [0.5, 0.6) is 0 Å². The van der Waals surface area contributed by atoms with Crippen molar-refractivity contribution >= 4 is 35.4 Å². The molecule has 0 spiro atoms. The predicted molar refractivity (Wildman–Crippen MR) is 70.1 cm³/mol. The van der Waals surface area contributed by atoms with Crippen molar-refractivity contribution in [2.24, 2.45) is 7.05 Å². The van der Waals surface area contributed by atoms with Gasteiger partial charge in [0.2, 0.25) is 0 Å². The summed E-state index contributed by atoms with van der Waals surface area (Å²) in [4.78, 5) is 11.9. The second-order valence-corrected chi connectivity index (χ2v) is 4.66. The zero-order valence-electron chi connectivity index (χ0n) is 8.70. The van der Waals surface area contributed by atoms with Crippen molar-refractivity contribution in [3.05, 3.63) is 43.4 Å². The Hall–Kier alpha value is -1.17. The molecule has 7 heteroatoms. The molecule has 1 aromatic heterocycles. The number of aromatic amines is 1. The van der Waals surface area contributed by atoms with Crippen LogP contribution in [0, 0.1) is 4.77 Å². The van der Waals surface area contributed by atoms with Gasteiger partial charge >= 0.3 is 0 Å². The highest BCUT2D eigenvalue weighted by Crippen LogP contribution is 2.23. The van der Waals surface area contributed by atoms with E-state index < -0.39 is 0 Å². The molecule has 4 nitrogen and oxygen atoms in total. The zero-order chi connectivity index (χ0) is 12.6. The number of nitrogens with one attached hydrogen (secondary N) is 1. The molecule has 0 radical (unpaired) electrons. The molecule has 0 atom stereocenters. The van der Waals surface area contributed by atoms with E-state index in [0.717, 1.165) is 0 Å². The van der Waals surface area contributed by atoms with E-state index in [1.165, 1.54) is 4.57 Å². The highest BCUT2D eigenvalue weighted by molar-refractivity contribution is 7.71. The Morgan fingerprint density at radius 3 is 2.47 bits per heavy atom. The Labute approximate surface area is 112 Å². The fourth-order valence-corrected chi connectivity index (χ4v) is 2.01.